The van der Waals surface area contributed by atoms with Crippen LogP contribution in [0.15, 0.2) is 52.6 Å². The molecule has 0 saturated carbocycles. The van der Waals surface area contributed by atoms with Gasteiger partial charge >= 0.3 is 0 Å². The molecule has 0 radical (unpaired) electrons. The van der Waals surface area contributed by atoms with Gasteiger partial charge in [0, 0.05) is 22.4 Å². The van der Waals surface area contributed by atoms with Gasteiger partial charge in [0.15, 0.2) is 5.78 Å². The number of carbonyl (C=O) groups is 1. The first-order valence-electron chi connectivity index (χ1n) is 10.1. The Morgan fingerprint density at radius 3 is 2.45 bits per heavy atom. The molecule has 31 heavy (non-hydrogen) atoms. The standard InChI is InChI=1S/C25H23FN2O2S/c1-14(2)23-27-24-22(20(13-31-24)17-7-9-19(26)10-8-17)25(30)28(23)12-21(29)18-6-5-15(3)16(4)11-18/h5-11,13-14H,12H2,1-4H3. The minimum absolute atomic E-state index is 0.0268. The van der Waals surface area contributed by atoms with Crippen LogP contribution in [0.2, 0.25) is 0 Å². The quantitative estimate of drug-likeness (QED) is 0.368. The lowest BCUT2D eigenvalue weighted by Gasteiger charge is -2.15. The molecule has 0 amide bonds. The molecule has 2 aromatic carbocycles. The molecule has 4 rings (SSSR count). The zero-order chi connectivity index (χ0) is 22.3. The lowest BCUT2D eigenvalue weighted by molar-refractivity contribution is 0.0969. The van der Waals surface area contributed by atoms with Gasteiger partial charge in [-0.25, -0.2) is 9.37 Å². The molecule has 0 saturated heterocycles. The summed E-state index contributed by atoms with van der Waals surface area (Å²) in [7, 11) is 0. The third kappa shape index (κ3) is 3.95. The average Bonchev–Trinajstić information content (AvgIpc) is 3.16. The number of aryl methyl sites for hydroxylation is 2. The van der Waals surface area contributed by atoms with Crippen molar-refractivity contribution in [2.75, 3.05) is 0 Å². The van der Waals surface area contributed by atoms with E-state index in [1.807, 2.05) is 45.2 Å². The SMILES string of the molecule is Cc1ccc(C(=O)Cn2c(C(C)C)nc3scc(-c4ccc(F)cc4)c3c2=O)cc1C. The minimum Gasteiger partial charge on any atom is -0.292 e. The first-order chi connectivity index (χ1) is 14.8. The number of ketones is 1. The van der Waals surface area contributed by atoms with Crippen molar-refractivity contribution >= 4 is 27.3 Å². The fourth-order valence-electron chi connectivity index (χ4n) is 3.63. The fraction of sp³-hybridized carbons (Fsp3) is 0.240. The molecule has 0 bridgehead atoms. The summed E-state index contributed by atoms with van der Waals surface area (Å²) >= 11 is 1.38. The molecule has 0 fully saturated rings. The Labute approximate surface area is 184 Å². The average molecular weight is 435 g/mol. The molecule has 6 heteroatoms. The van der Waals surface area contributed by atoms with E-state index in [1.54, 1.807) is 18.2 Å². The van der Waals surface area contributed by atoms with Crippen LogP contribution in [-0.2, 0) is 6.54 Å². The summed E-state index contributed by atoms with van der Waals surface area (Å²) in [5.41, 5.74) is 3.94. The zero-order valence-electron chi connectivity index (χ0n) is 17.9. The first kappa shape index (κ1) is 21.1. The maximum Gasteiger partial charge on any atom is 0.263 e. The first-order valence-corrected chi connectivity index (χ1v) is 11.0. The van der Waals surface area contributed by atoms with Crippen molar-refractivity contribution in [3.8, 4) is 11.1 Å². The van der Waals surface area contributed by atoms with Crippen molar-refractivity contribution in [3.63, 3.8) is 0 Å². The third-order valence-electron chi connectivity index (χ3n) is 5.53. The van der Waals surface area contributed by atoms with Crippen LogP contribution in [0.1, 0.15) is 47.1 Å². The lowest BCUT2D eigenvalue weighted by Crippen LogP contribution is -2.29. The molecule has 0 unspecified atom stereocenters. The summed E-state index contributed by atoms with van der Waals surface area (Å²) in [6.45, 7) is 7.80. The Morgan fingerprint density at radius 1 is 1.10 bits per heavy atom. The van der Waals surface area contributed by atoms with Gasteiger partial charge in [0.05, 0.1) is 11.9 Å². The highest BCUT2D eigenvalue weighted by Crippen LogP contribution is 2.32. The van der Waals surface area contributed by atoms with Gasteiger partial charge in [-0.05, 0) is 48.7 Å². The second-order valence-corrected chi connectivity index (χ2v) is 8.93. The van der Waals surface area contributed by atoms with Gasteiger partial charge in [0.1, 0.15) is 16.5 Å². The monoisotopic (exact) mass is 434 g/mol. The number of thiophene rings is 1. The van der Waals surface area contributed by atoms with E-state index in [9.17, 15) is 14.0 Å². The van der Waals surface area contributed by atoms with Crippen LogP contribution >= 0.6 is 11.3 Å². The van der Waals surface area contributed by atoms with E-state index in [4.69, 9.17) is 4.98 Å². The van der Waals surface area contributed by atoms with E-state index in [0.717, 1.165) is 16.7 Å². The van der Waals surface area contributed by atoms with Crippen LogP contribution < -0.4 is 5.56 Å². The van der Waals surface area contributed by atoms with Gasteiger partial charge in [-0.1, -0.05) is 38.1 Å². The molecule has 4 nitrogen and oxygen atoms in total. The second kappa shape index (κ2) is 8.19. The fourth-order valence-corrected chi connectivity index (χ4v) is 4.57. The number of fused-ring (bicyclic) bond motifs is 1. The molecule has 0 N–H and O–H groups in total. The number of aromatic nitrogens is 2. The molecule has 4 aromatic rings. The summed E-state index contributed by atoms with van der Waals surface area (Å²) in [6, 6.07) is 11.6. The number of benzene rings is 2. The van der Waals surface area contributed by atoms with Crippen molar-refractivity contribution in [3.05, 3.63) is 86.5 Å². The maximum atomic E-state index is 13.6. The Hall–Kier alpha value is -3.12. The molecule has 158 valence electrons. The summed E-state index contributed by atoms with van der Waals surface area (Å²) in [5.74, 6) is 0.0925. The topological polar surface area (TPSA) is 52.0 Å². The number of Topliss-reactive ketones (excluding diaryl/α,β-unsaturated/α-hetero) is 1. The highest BCUT2D eigenvalue weighted by Gasteiger charge is 2.21. The molecule has 0 aliphatic heterocycles. The summed E-state index contributed by atoms with van der Waals surface area (Å²) in [6.07, 6.45) is 0. The number of nitrogens with zero attached hydrogens (tertiary/aromatic N) is 2. The van der Waals surface area contributed by atoms with Gasteiger partial charge < -0.3 is 0 Å². The van der Waals surface area contributed by atoms with Gasteiger partial charge in [-0.2, -0.15) is 0 Å². The van der Waals surface area contributed by atoms with Crippen molar-refractivity contribution < 1.29 is 9.18 Å². The summed E-state index contributed by atoms with van der Waals surface area (Å²) in [4.78, 5) is 32.0. The van der Waals surface area contributed by atoms with E-state index in [1.165, 1.54) is 28.0 Å². The minimum atomic E-state index is -0.333. The molecule has 0 atom stereocenters. The number of hydrogen-bond acceptors (Lipinski definition) is 4. The van der Waals surface area contributed by atoms with E-state index >= 15 is 0 Å². The smallest absolute Gasteiger partial charge is 0.263 e. The molecular formula is C25H23FN2O2S. The molecule has 0 spiro atoms. The Bertz CT molecular complexity index is 1350. The van der Waals surface area contributed by atoms with Gasteiger partial charge in [0.25, 0.3) is 5.56 Å². The molecule has 2 aromatic heterocycles. The lowest BCUT2D eigenvalue weighted by atomic mass is 10.0. The second-order valence-electron chi connectivity index (χ2n) is 8.07. The van der Waals surface area contributed by atoms with Crippen LogP contribution in [-0.4, -0.2) is 15.3 Å². The zero-order valence-corrected chi connectivity index (χ0v) is 18.7. The number of hydrogen-bond donors (Lipinski definition) is 0. The highest BCUT2D eigenvalue weighted by molar-refractivity contribution is 7.17. The molecule has 2 heterocycles. The van der Waals surface area contributed by atoms with E-state index < -0.39 is 0 Å². The predicted molar refractivity (Wildman–Crippen MR) is 124 cm³/mol. The van der Waals surface area contributed by atoms with Gasteiger partial charge in [0.2, 0.25) is 0 Å². The van der Waals surface area contributed by atoms with Crippen LogP contribution in [0, 0.1) is 19.7 Å². The predicted octanol–water partition coefficient (Wildman–Crippen LogP) is 5.89. The van der Waals surface area contributed by atoms with Crippen molar-refractivity contribution in [2.24, 2.45) is 0 Å². The van der Waals surface area contributed by atoms with Crippen LogP contribution in [0.4, 0.5) is 4.39 Å². The molecule has 0 aliphatic carbocycles. The van der Waals surface area contributed by atoms with E-state index in [2.05, 4.69) is 0 Å². The van der Waals surface area contributed by atoms with Crippen molar-refractivity contribution in [1.82, 2.24) is 9.55 Å². The largest absolute Gasteiger partial charge is 0.292 e. The highest BCUT2D eigenvalue weighted by atomic mass is 32.1. The summed E-state index contributed by atoms with van der Waals surface area (Å²) in [5, 5.41) is 2.33. The van der Waals surface area contributed by atoms with Gasteiger partial charge in [-0.15, -0.1) is 11.3 Å². The molecular weight excluding hydrogens is 411 g/mol. The Kier molecular flexibility index (Phi) is 5.58. The number of halogens is 1. The van der Waals surface area contributed by atoms with E-state index in [0.29, 0.717) is 27.2 Å². The maximum absolute atomic E-state index is 13.6. The van der Waals surface area contributed by atoms with Crippen molar-refractivity contribution in [1.29, 1.82) is 0 Å². The number of carbonyl (C=O) groups excluding carboxylic acids is 1. The Morgan fingerprint density at radius 2 is 1.81 bits per heavy atom. The van der Waals surface area contributed by atoms with Gasteiger partial charge in [-0.3, -0.25) is 14.2 Å². The Balaban J connectivity index is 1.85. The normalized spacial score (nSPS) is 11.4. The van der Waals surface area contributed by atoms with Crippen LogP contribution in [0.25, 0.3) is 21.3 Å². The number of rotatable bonds is 5. The molecule has 0 aliphatic rings. The third-order valence-corrected chi connectivity index (χ3v) is 6.40. The summed E-state index contributed by atoms with van der Waals surface area (Å²) < 4.78 is 14.9. The van der Waals surface area contributed by atoms with Crippen LogP contribution in [0.5, 0.6) is 0 Å². The van der Waals surface area contributed by atoms with E-state index in [-0.39, 0.29) is 29.6 Å². The van der Waals surface area contributed by atoms with Crippen LogP contribution in [0.3, 0.4) is 0 Å². The van der Waals surface area contributed by atoms with Crippen molar-refractivity contribution in [2.45, 2.75) is 40.2 Å².